The van der Waals surface area contributed by atoms with Crippen molar-refractivity contribution in [2.75, 3.05) is 13.8 Å². The van der Waals surface area contributed by atoms with Crippen molar-refractivity contribution in [2.24, 2.45) is 0 Å². The molecule has 0 aromatic heterocycles. The van der Waals surface area contributed by atoms with E-state index in [1.54, 1.807) is 0 Å². The van der Waals surface area contributed by atoms with Gasteiger partial charge in [0.05, 0.1) is 4.11 Å². The fraction of sp³-hybridized carbons (Fsp3) is 0.455. The monoisotopic (exact) mass is 199 g/mol. The Morgan fingerprint density at radius 1 is 1.64 bits per heavy atom. The maximum atomic E-state index is 8.13. The summed E-state index contributed by atoms with van der Waals surface area (Å²) in [5.41, 5.74) is -0.252. The zero-order valence-electron chi connectivity index (χ0n) is 14.0. The number of hydrogen-bond acceptors (Lipinski definition) is 3. The second-order valence-electron chi connectivity index (χ2n) is 2.89. The molecule has 0 radical (unpaired) electrons. The van der Waals surface area contributed by atoms with Crippen molar-refractivity contribution in [3.63, 3.8) is 0 Å². The van der Waals surface area contributed by atoms with Gasteiger partial charge < -0.3 is 14.8 Å². The van der Waals surface area contributed by atoms with Crippen molar-refractivity contribution in [3.8, 4) is 11.5 Å². The van der Waals surface area contributed by atoms with Crippen LogP contribution in [0.3, 0.4) is 0 Å². The van der Waals surface area contributed by atoms with Gasteiger partial charge in [-0.1, -0.05) is 6.04 Å². The molecule has 3 nitrogen and oxygen atoms in total. The summed E-state index contributed by atoms with van der Waals surface area (Å²) in [6.45, 7) is 1.34. The maximum absolute atomic E-state index is 8.13. The second-order valence-corrected chi connectivity index (χ2v) is 2.89. The minimum Gasteiger partial charge on any atom is -0.454 e. The Labute approximate surface area is 92.5 Å². The maximum Gasteiger partial charge on any atom is 0.231 e. The van der Waals surface area contributed by atoms with Crippen LogP contribution in [0.1, 0.15) is 19.3 Å². The van der Waals surface area contributed by atoms with Gasteiger partial charge >= 0.3 is 0 Å². The molecule has 1 atom stereocenters. The van der Waals surface area contributed by atoms with E-state index in [1.807, 2.05) is 0 Å². The number of rotatable bonds is 3. The number of benzene rings is 1. The molecule has 2 rings (SSSR count). The van der Waals surface area contributed by atoms with Crippen molar-refractivity contribution < 1.29 is 17.7 Å². The van der Waals surface area contributed by atoms with Crippen LogP contribution in [0.15, 0.2) is 18.1 Å². The largest absolute Gasteiger partial charge is 0.454 e. The van der Waals surface area contributed by atoms with E-state index in [-0.39, 0.29) is 35.9 Å². The first-order valence-electron chi connectivity index (χ1n) is 7.25. The number of nitrogens with one attached hydrogen (secondary N) is 1. The summed E-state index contributed by atoms with van der Waals surface area (Å²) in [4.78, 5) is 0. The van der Waals surface area contributed by atoms with E-state index < -0.39 is 18.5 Å². The molecule has 76 valence electrons. The van der Waals surface area contributed by atoms with Crippen molar-refractivity contribution >= 4 is 0 Å². The number of likely N-dealkylation sites (N-methyl/N-ethyl adjacent to an activating group) is 1. The van der Waals surface area contributed by atoms with Crippen LogP contribution in [0.4, 0.5) is 0 Å². The van der Waals surface area contributed by atoms with Gasteiger partial charge in [-0.05, 0) is 38.0 Å². The third kappa shape index (κ3) is 1.82. The summed E-state index contributed by atoms with van der Waals surface area (Å²) in [7, 11) is 1.39. The highest BCUT2D eigenvalue weighted by Crippen LogP contribution is 2.32. The van der Waals surface area contributed by atoms with Gasteiger partial charge in [-0.15, -0.1) is 0 Å². The van der Waals surface area contributed by atoms with Crippen molar-refractivity contribution in [1.29, 1.82) is 0 Å². The average Bonchev–Trinajstić information content (AvgIpc) is 2.84. The molecule has 0 aliphatic carbocycles. The van der Waals surface area contributed by atoms with Crippen molar-refractivity contribution in [2.45, 2.75) is 19.3 Å². The van der Waals surface area contributed by atoms with Crippen LogP contribution < -0.4 is 14.8 Å². The predicted molar refractivity (Wildman–Crippen MR) is 54.8 cm³/mol. The standard InChI is InChI=1S/C11H15NO2/c1-8(12-2)5-9-3-4-10-11(6-9)14-7-13-10/h3-4,6,8,12H,5,7H2,1-2H3/i3D,4D,5D2,6D/hD. The van der Waals surface area contributed by atoms with E-state index >= 15 is 0 Å². The number of fused-ring (bicyclic) bond motifs is 1. The Kier molecular flexibility index (Phi) is 1.26. The van der Waals surface area contributed by atoms with Gasteiger partial charge in [-0.2, -0.15) is 0 Å². The van der Waals surface area contributed by atoms with Gasteiger partial charge in [0.25, 0.3) is 0 Å². The molecule has 1 aromatic carbocycles. The highest BCUT2D eigenvalue weighted by molar-refractivity contribution is 5.44. The minimum absolute atomic E-state index is 0.00595. The first kappa shape index (κ1) is 4.53. The molecule has 0 saturated heterocycles. The molecule has 1 aromatic rings. The summed E-state index contributed by atoms with van der Waals surface area (Å²) in [6.07, 6.45) is -2.14. The smallest absolute Gasteiger partial charge is 0.231 e. The number of hydrogen-bond donors (Lipinski definition) is 1. The quantitative estimate of drug-likeness (QED) is 0.801. The van der Waals surface area contributed by atoms with Gasteiger partial charge in [0.2, 0.25) is 6.79 Å². The Morgan fingerprint density at radius 2 is 2.43 bits per heavy atom. The van der Waals surface area contributed by atoms with Crippen LogP contribution in [0.25, 0.3) is 0 Å². The third-order valence-electron chi connectivity index (χ3n) is 1.89. The zero-order chi connectivity index (χ0) is 15.2. The zero-order valence-corrected chi connectivity index (χ0v) is 8.05. The van der Waals surface area contributed by atoms with Gasteiger partial charge in [0.15, 0.2) is 11.5 Å². The molecule has 0 amide bonds. The van der Waals surface area contributed by atoms with Gasteiger partial charge in [-0.3, -0.25) is 0 Å². The first-order chi connectivity index (χ1) is 9.19. The molecular weight excluding hydrogens is 178 g/mol. The molecule has 1 heterocycles. The van der Waals surface area contributed by atoms with E-state index in [9.17, 15) is 0 Å². The summed E-state index contributed by atoms with van der Waals surface area (Å²) in [5, 5.41) is 0.924. The lowest BCUT2D eigenvalue weighted by molar-refractivity contribution is 0.174. The van der Waals surface area contributed by atoms with Gasteiger partial charge in [0, 0.05) is 8.78 Å². The molecular formula is C11H15NO2. The highest BCUT2D eigenvalue weighted by atomic mass is 16.7. The highest BCUT2D eigenvalue weighted by Gasteiger charge is 2.13. The molecule has 0 fully saturated rings. The van der Waals surface area contributed by atoms with Gasteiger partial charge in [0.1, 0.15) is 1.41 Å². The van der Waals surface area contributed by atoms with E-state index in [0.29, 0.717) is 0 Å². The normalized spacial score (nSPS) is 23.1. The number of ether oxygens (including phenoxy) is 2. The summed E-state index contributed by atoms with van der Waals surface area (Å²) < 4.78 is 57.7. The Hall–Kier alpha value is -1.22. The topological polar surface area (TPSA) is 30.5 Å². The SMILES string of the molecule is [2H]c1c([2H])c(C([2H])([2H])C(C)N([2H])C)c([2H])c2c1OCO2. The Balaban J connectivity index is 2.66. The van der Waals surface area contributed by atoms with Crippen LogP contribution in [0, 0.1) is 0 Å². The lowest BCUT2D eigenvalue weighted by Gasteiger charge is -2.09. The molecule has 1 aliphatic heterocycles. The van der Waals surface area contributed by atoms with E-state index in [0.717, 1.165) is 5.31 Å². The van der Waals surface area contributed by atoms with Crippen molar-refractivity contribution in [1.82, 2.24) is 5.31 Å². The van der Waals surface area contributed by atoms with Crippen LogP contribution >= 0.6 is 0 Å². The average molecular weight is 199 g/mol. The Morgan fingerprint density at radius 3 is 3.21 bits per heavy atom. The summed E-state index contributed by atoms with van der Waals surface area (Å²) >= 11 is 0. The molecule has 14 heavy (non-hydrogen) atoms. The van der Waals surface area contributed by atoms with Crippen molar-refractivity contribution in [3.05, 3.63) is 23.7 Å². The van der Waals surface area contributed by atoms with E-state index in [1.165, 1.54) is 14.0 Å². The van der Waals surface area contributed by atoms with Crippen LogP contribution in [0.5, 0.6) is 11.5 Å². The molecule has 1 N–H and O–H groups in total. The lowest BCUT2D eigenvalue weighted by atomic mass is 10.1. The first-order valence-corrected chi connectivity index (χ1v) is 4.31. The fourth-order valence-electron chi connectivity index (χ4n) is 1.07. The molecule has 1 aliphatic rings. The summed E-state index contributed by atoms with van der Waals surface area (Å²) in [5.74, 6) is -0.00357. The van der Waals surface area contributed by atoms with E-state index in [4.69, 9.17) is 17.7 Å². The molecule has 0 spiro atoms. The van der Waals surface area contributed by atoms with E-state index in [2.05, 4.69) is 0 Å². The van der Waals surface area contributed by atoms with Crippen LogP contribution in [-0.4, -0.2) is 19.9 Å². The molecule has 0 bridgehead atoms. The lowest BCUT2D eigenvalue weighted by Crippen LogP contribution is -2.23. The second kappa shape index (κ2) is 3.88. The van der Waals surface area contributed by atoms with Crippen LogP contribution in [-0.2, 0) is 6.37 Å². The fourth-order valence-corrected chi connectivity index (χ4v) is 1.07. The summed E-state index contributed by atoms with van der Waals surface area (Å²) in [6, 6.07) is -1.89. The van der Waals surface area contributed by atoms with Crippen LogP contribution in [0.2, 0.25) is 1.41 Å². The third-order valence-corrected chi connectivity index (χ3v) is 1.89. The molecule has 1 unspecified atom stereocenters. The predicted octanol–water partition coefficient (Wildman–Crippen LogP) is 1.57. The molecule has 3 heteroatoms. The molecule has 0 saturated carbocycles. The Bertz CT molecular complexity index is 548. The van der Waals surface area contributed by atoms with Gasteiger partial charge in [-0.25, -0.2) is 0 Å². The minimum atomic E-state index is -2.14.